The molecule has 0 spiro atoms. The van der Waals surface area contributed by atoms with Crippen LogP contribution in [0.2, 0.25) is 0 Å². The molecule has 1 saturated heterocycles. The standard InChI is InChI=1S/C12H21N3O5S/c1-21-3-2-8(11(19)14-6-10(17)18)15-12(20)9-4-7(16)5-13-9/h7-9,13,16H,2-6H2,1H3,(H,14,19)(H,15,20)(H,17,18)/t7-,8+,9+/m1/s1. The maximum Gasteiger partial charge on any atom is 0.322 e. The van der Waals surface area contributed by atoms with Crippen LogP contribution in [0.4, 0.5) is 0 Å². The third kappa shape index (κ3) is 6.32. The van der Waals surface area contributed by atoms with Gasteiger partial charge in [-0.25, -0.2) is 0 Å². The van der Waals surface area contributed by atoms with Crippen molar-refractivity contribution in [2.24, 2.45) is 0 Å². The van der Waals surface area contributed by atoms with Gasteiger partial charge in [0, 0.05) is 6.54 Å². The smallest absolute Gasteiger partial charge is 0.322 e. The van der Waals surface area contributed by atoms with Crippen molar-refractivity contribution in [3.8, 4) is 0 Å². The fourth-order valence-electron chi connectivity index (χ4n) is 1.98. The molecule has 5 N–H and O–H groups in total. The molecule has 0 aromatic heterocycles. The van der Waals surface area contributed by atoms with Gasteiger partial charge in [0.1, 0.15) is 12.6 Å². The van der Waals surface area contributed by atoms with E-state index in [-0.39, 0.29) is 5.91 Å². The van der Waals surface area contributed by atoms with Crippen molar-refractivity contribution in [2.45, 2.75) is 31.0 Å². The van der Waals surface area contributed by atoms with Gasteiger partial charge in [-0.15, -0.1) is 0 Å². The van der Waals surface area contributed by atoms with Gasteiger partial charge in [-0.2, -0.15) is 11.8 Å². The van der Waals surface area contributed by atoms with Gasteiger partial charge in [-0.3, -0.25) is 14.4 Å². The molecule has 0 saturated carbocycles. The summed E-state index contributed by atoms with van der Waals surface area (Å²) in [7, 11) is 0. The van der Waals surface area contributed by atoms with E-state index in [1.54, 1.807) is 0 Å². The van der Waals surface area contributed by atoms with Crippen molar-refractivity contribution in [3.05, 3.63) is 0 Å². The van der Waals surface area contributed by atoms with Gasteiger partial charge in [-0.1, -0.05) is 0 Å². The van der Waals surface area contributed by atoms with Gasteiger partial charge in [0.15, 0.2) is 0 Å². The van der Waals surface area contributed by atoms with Crippen molar-refractivity contribution in [1.82, 2.24) is 16.0 Å². The summed E-state index contributed by atoms with van der Waals surface area (Å²) >= 11 is 1.53. The number of aliphatic hydroxyl groups is 1. The van der Waals surface area contributed by atoms with E-state index in [0.29, 0.717) is 25.1 Å². The van der Waals surface area contributed by atoms with Crippen LogP contribution in [0.5, 0.6) is 0 Å². The van der Waals surface area contributed by atoms with E-state index in [4.69, 9.17) is 5.11 Å². The summed E-state index contributed by atoms with van der Waals surface area (Å²) in [5.41, 5.74) is 0. The maximum absolute atomic E-state index is 12.0. The first-order chi connectivity index (χ1) is 9.93. The molecule has 0 aromatic carbocycles. The van der Waals surface area contributed by atoms with Crippen LogP contribution in [-0.2, 0) is 14.4 Å². The molecule has 8 nitrogen and oxygen atoms in total. The summed E-state index contributed by atoms with van der Waals surface area (Å²) in [6, 6.07) is -1.30. The molecule has 2 amide bonds. The zero-order valence-electron chi connectivity index (χ0n) is 11.8. The van der Waals surface area contributed by atoms with Crippen LogP contribution in [0.1, 0.15) is 12.8 Å². The highest BCUT2D eigenvalue weighted by atomic mass is 32.2. The topological polar surface area (TPSA) is 128 Å². The van der Waals surface area contributed by atoms with E-state index in [1.165, 1.54) is 11.8 Å². The first-order valence-corrected chi connectivity index (χ1v) is 8.03. The Kier molecular flexibility index (Phi) is 7.48. The van der Waals surface area contributed by atoms with Crippen LogP contribution < -0.4 is 16.0 Å². The molecule has 1 rings (SSSR count). The molecule has 9 heteroatoms. The number of hydrogen-bond acceptors (Lipinski definition) is 6. The molecule has 0 radical (unpaired) electrons. The number of aliphatic carboxylic acids is 1. The summed E-state index contributed by atoms with van der Waals surface area (Å²) in [5.74, 6) is -1.35. The summed E-state index contributed by atoms with van der Waals surface area (Å²) < 4.78 is 0. The summed E-state index contributed by atoms with van der Waals surface area (Å²) in [5, 5.41) is 25.7. The molecular weight excluding hydrogens is 298 g/mol. The van der Waals surface area contributed by atoms with E-state index < -0.39 is 36.6 Å². The zero-order chi connectivity index (χ0) is 15.8. The van der Waals surface area contributed by atoms with Gasteiger partial charge >= 0.3 is 5.97 Å². The SMILES string of the molecule is CSCC[C@H](NC(=O)[C@@H]1C[C@@H](O)CN1)C(=O)NCC(=O)O. The van der Waals surface area contributed by atoms with E-state index in [1.807, 2.05) is 6.26 Å². The summed E-state index contributed by atoms with van der Waals surface area (Å²) in [6.07, 6.45) is 2.03. The molecule has 0 aliphatic carbocycles. The van der Waals surface area contributed by atoms with Crippen LogP contribution in [0.3, 0.4) is 0 Å². The number of carbonyl (C=O) groups is 3. The number of thioether (sulfide) groups is 1. The highest BCUT2D eigenvalue weighted by molar-refractivity contribution is 7.98. The van der Waals surface area contributed by atoms with Crippen molar-refractivity contribution >= 4 is 29.5 Å². The fraction of sp³-hybridized carbons (Fsp3) is 0.750. The second-order valence-electron chi connectivity index (χ2n) is 4.80. The van der Waals surface area contributed by atoms with Gasteiger partial charge in [0.05, 0.1) is 12.1 Å². The average Bonchev–Trinajstić information content (AvgIpc) is 2.87. The first kappa shape index (κ1) is 17.7. The minimum Gasteiger partial charge on any atom is -0.480 e. The Morgan fingerprint density at radius 2 is 2.14 bits per heavy atom. The van der Waals surface area contributed by atoms with Crippen LogP contribution in [0.15, 0.2) is 0 Å². The lowest BCUT2D eigenvalue weighted by atomic mass is 10.1. The largest absolute Gasteiger partial charge is 0.480 e. The van der Waals surface area contributed by atoms with E-state index >= 15 is 0 Å². The number of amides is 2. The summed E-state index contributed by atoms with van der Waals surface area (Å²) in [4.78, 5) is 34.4. The van der Waals surface area contributed by atoms with E-state index in [9.17, 15) is 19.5 Å². The lowest BCUT2D eigenvalue weighted by Gasteiger charge is -2.20. The molecule has 1 aliphatic heterocycles. The molecule has 0 aromatic rings. The van der Waals surface area contributed by atoms with Crippen molar-refractivity contribution < 1.29 is 24.6 Å². The Hall–Kier alpha value is -1.32. The number of carboxylic acids is 1. The van der Waals surface area contributed by atoms with Gasteiger partial charge < -0.3 is 26.2 Å². The lowest BCUT2D eigenvalue weighted by Crippen LogP contribution is -2.52. The Bertz CT molecular complexity index is 393. The van der Waals surface area contributed by atoms with Crippen LogP contribution in [-0.4, -0.2) is 71.3 Å². The molecule has 1 heterocycles. The molecule has 0 bridgehead atoms. The van der Waals surface area contributed by atoms with E-state index in [0.717, 1.165) is 0 Å². The first-order valence-electron chi connectivity index (χ1n) is 6.64. The third-order valence-corrected chi connectivity index (χ3v) is 3.73. The number of nitrogens with one attached hydrogen (secondary N) is 3. The molecule has 3 atom stereocenters. The highest BCUT2D eigenvalue weighted by Crippen LogP contribution is 2.08. The monoisotopic (exact) mass is 319 g/mol. The predicted molar refractivity (Wildman–Crippen MR) is 78.0 cm³/mol. The average molecular weight is 319 g/mol. The number of rotatable bonds is 8. The van der Waals surface area contributed by atoms with Crippen molar-refractivity contribution in [1.29, 1.82) is 0 Å². The van der Waals surface area contributed by atoms with Crippen LogP contribution in [0, 0.1) is 0 Å². The quantitative estimate of drug-likeness (QED) is 0.355. The summed E-state index contributed by atoms with van der Waals surface area (Å²) in [6.45, 7) is -0.135. The minimum absolute atomic E-state index is 0.303. The van der Waals surface area contributed by atoms with Gasteiger partial charge in [0.2, 0.25) is 11.8 Å². The normalized spacial score (nSPS) is 22.6. The molecule has 1 aliphatic rings. The Morgan fingerprint density at radius 1 is 1.43 bits per heavy atom. The predicted octanol–water partition coefficient (Wildman–Crippen LogP) is -1.85. The minimum atomic E-state index is -1.14. The Balaban J connectivity index is 2.53. The zero-order valence-corrected chi connectivity index (χ0v) is 12.6. The van der Waals surface area contributed by atoms with Crippen LogP contribution in [0.25, 0.3) is 0 Å². The Labute approximate surface area is 127 Å². The van der Waals surface area contributed by atoms with Gasteiger partial charge in [0.25, 0.3) is 0 Å². The molecule has 1 fully saturated rings. The maximum atomic E-state index is 12.0. The number of carbonyl (C=O) groups excluding carboxylic acids is 2. The van der Waals surface area contributed by atoms with E-state index in [2.05, 4.69) is 16.0 Å². The molecule has 21 heavy (non-hydrogen) atoms. The number of carboxylic acid groups (broad SMARTS) is 1. The number of β-amino-alcohol motifs (C(OH)–C–C–N with tert-alkyl or cyclic N) is 1. The fourth-order valence-corrected chi connectivity index (χ4v) is 2.45. The Morgan fingerprint density at radius 3 is 2.67 bits per heavy atom. The molecule has 0 unspecified atom stereocenters. The third-order valence-electron chi connectivity index (χ3n) is 3.08. The highest BCUT2D eigenvalue weighted by Gasteiger charge is 2.30. The molecule has 120 valence electrons. The second-order valence-corrected chi connectivity index (χ2v) is 5.79. The second kappa shape index (κ2) is 8.85. The van der Waals surface area contributed by atoms with Crippen molar-refractivity contribution in [3.63, 3.8) is 0 Å². The van der Waals surface area contributed by atoms with Crippen LogP contribution >= 0.6 is 11.8 Å². The van der Waals surface area contributed by atoms with Crippen molar-refractivity contribution in [2.75, 3.05) is 25.1 Å². The van der Waals surface area contributed by atoms with Gasteiger partial charge in [-0.05, 0) is 24.9 Å². The lowest BCUT2D eigenvalue weighted by molar-refractivity contribution is -0.138. The number of hydrogen-bond donors (Lipinski definition) is 5. The number of aliphatic hydroxyl groups excluding tert-OH is 1. The molecular formula is C12H21N3O5S.